The Morgan fingerprint density at radius 2 is 2.35 bits per heavy atom. The summed E-state index contributed by atoms with van der Waals surface area (Å²) in [4.78, 5) is 12.1. The number of aryl methyl sites for hydroxylation is 1. The van der Waals surface area contributed by atoms with Crippen molar-refractivity contribution < 1.29 is 9.90 Å². The van der Waals surface area contributed by atoms with E-state index in [1.165, 1.54) is 11.3 Å². The Hall–Kier alpha value is -1.33. The van der Waals surface area contributed by atoms with Crippen molar-refractivity contribution >= 4 is 28.9 Å². The van der Waals surface area contributed by atoms with Gasteiger partial charge in [0.2, 0.25) is 0 Å². The highest BCUT2D eigenvalue weighted by Gasteiger charge is 2.27. The normalized spacial score (nSPS) is 13.9. The van der Waals surface area contributed by atoms with Crippen LogP contribution < -0.4 is 0 Å². The number of aromatic carboxylic acids is 1. The Morgan fingerprint density at radius 1 is 1.53 bits per heavy atom. The molecule has 0 saturated carbocycles. The second-order valence-corrected chi connectivity index (χ2v) is 5.62. The Bertz CT molecular complexity index is 603. The highest BCUT2D eigenvalue weighted by Crippen LogP contribution is 2.37. The van der Waals surface area contributed by atoms with Crippen LogP contribution in [0.25, 0.3) is 10.4 Å². The van der Waals surface area contributed by atoms with Gasteiger partial charge in [-0.2, -0.15) is 5.10 Å². The number of thiophene rings is 1. The molecular weight excluding hydrogens is 260 g/mol. The van der Waals surface area contributed by atoms with Gasteiger partial charge < -0.3 is 5.11 Å². The Kier molecular flexibility index (Phi) is 2.45. The van der Waals surface area contributed by atoms with Gasteiger partial charge in [-0.1, -0.05) is 11.6 Å². The van der Waals surface area contributed by atoms with Crippen molar-refractivity contribution in [2.75, 3.05) is 0 Å². The SMILES string of the molecule is O=C(O)c1nn2c(c1-c1ccc(Cl)s1)CCC2. The summed E-state index contributed by atoms with van der Waals surface area (Å²) < 4.78 is 2.46. The van der Waals surface area contributed by atoms with Gasteiger partial charge in [-0.25, -0.2) is 4.79 Å². The number of hydrogen-bond acceptors (Lipinski definition) is 3. The smallest absolute Gasteiger partial charge is 0.357 e. The van der Waals surface area contributed by atoms with Crippen LogP contribution in [0.1, 0.15) is 22.6 Å². The summed E-state index contributed by atoms with van der Waals surface area (Å²) in [6.07, 6.45) is 1.90. The Morgan fingerprint density at radius 3 is 3.00 bits per heavy atom. The van der Waals surface area contributed by atoms with Crippen molar-refractivity contribution in [1.29, 1.82) is 0 Å². The van der Waals surface area contributed by atoms with Crippen LogP contribution in [0.15, 0.2) is 12.1 Å². The van der Waals surface area contributed by atoms with Crippen molar-refractivity contribution in [2.24, 2.45) is 0 Å². The average molecular weight is 269 g/mol. The van der Waals surface area contributed by atoms with E-state index in [2.05, 4.69) is 5.10 Å². The van der Waals surface area contributed by atoms with Crippen molar-refractivity contribution in [3.8, 4) is 10.4 Å². The fraction of sp³-hybridized carbons (Fsp3) is 0.273. The second kappa shape index (κ2) is 3.85. The summed E-state index contributed by atoms with van der Waals surface area (Å²) in [6.45, 7) is 0.800. The first-order valence-electron chi connectivity index (χ1n) is 5.25. The first kappa shape index (κ1) is 10.8. The molecule has 2 aromatic heterocycles. The predicted octanol–water partition coefficient (Wildman–Crippen LogP) is 2.91. The zero-order valence-corrected chi connectivity index (χ0v) is 10.4. The molecule has 17 heavy (non-hydrogen) atoms. The fourth-order valence-corrected chi connectivity index (χ4v) is 3.30. The minimum absolute atomic E-state index is 0.137. The van der Waals surface area contributed by atoms with Gasteiger partial charge in [0.25, 0.3) is 0 Å². The molecule has 0 fully saturated rings. The molecule has 6 heteroatoms. The van der Waals surface area contributed by atoms with E-state index in [9.17, 15) is 9.90 Å². The molecule has 0 amide bonds. The lowest BCUT2D eigenvalue weighted by Crippen LogP contribution is -2.01. The molecule has 1 N–H and O–H groups in total. The van der Waals surface area contributed by atoms with Crippen molar-refractivity contribution in [3.05, 3.63) is 27.9 Å². The van der Waals surface area contributed by atoms with Crippen LogP contribution in [-0.4, -0.2) is 20.9 Å². The maximum Gasteiger partial charge on any atom is 0.357 e. The Labute approximate surface area is 106 Å². The van der Waals surface area contributed by atoms with E-state index in [0.29, 0.717) is 4.34 Å². The van der Waals surface area contributed by atoms with Gasteiger partial charge in [0.15, 0.2) is 5.69 Å². The summed E-state index contributed by atoms with van der Waals surface area (Å²) in [7, 11) is 0. The molecule has 2 aromatic rings. The van der Waals surface area contributed by atoms with Crippen LogP contribution in [0, 0.1) is 0 Å². The number of halogens is 1. The van der Waals surface area contributed by atoms with Crippen LogP contribution in [0.5, 0.6) is 0 Å². The third kappa shape index (κ3) is 1.66. The third-order valence-electron chi connectivity index (χ3n) is 2.86. The lowest BCUT2D eigenvalue weighted by atomic mass is 10.1. The van der Waals surface area contributed by atoms with Gasteiger partial charge in [0, 0.05) is 22.7 Å². The fourth-order valence-electron chi connectivity index (χ4n) is 2.19. The van der Waals surface area contributed by atoms with E-state index >= 15 is 0 Å². The molecule has 0 spiro atoms. The molecule has 0 bridgehead atoms. The van der Waals surface area contributed by atoms with Gasteiger partial charge in [-0.3, -0.25) is 4.68 Å². The first-order valence-corrected chi connectivity index (χ1v) is 6.45. The minimum atomic E-state index is -0.980. The summed E-state index contributed by atoms with van der Waals surface area (Å²) in [5.74, 6) is -0.980. The highest BCUT2D eigenvalue weighted by molar-refractivity contribution is 7.19. The topological polar surface area (TPSA) is 55.1 Å². The quantitative estimate of drug-likeness (QED) is 0.911. The van der Waals surface area contributed by atoms with E-state index in [1.807, 2.05) is 6.07 Å². The van der Waals surface area contributed by atoms with Crippen LogP contribution in [-0.2, 0) is 13.0 Å². The molecular formula is C11H9ClN2O2S. The molecule has 3 heterocycles. The molecule has 1 aliphatic rings. The van der Waals surface area contributed by atoms with Crippen LogP contribution in [0.4, 0.5) is 0 Å². The lowest BCUT2D eigenvalue weighted by Gasteiger charge is -1.98. The van der Waals surface area contributed by atoms with Crippen molar-refractivity contribution in [1.82, 2.24) is 9.78 Å². The van der Waals surface area contributed by atoms with Gasteiger partial charge >= 0.3 is 5.97 Å². The number of rotatable bonds is 2. The number of hydrogen-bond donors (Lipinski definition) is 1. The first-order chi connectivity index (χ1) is 8.16. The van der Waals surface area contributed by atoms with Crippen LogP contribution in [0.2, 0.25) is 4.34 Å². The van der Waals surface area contributed by atoms with Gasteiger partial charge in [0.05, 0.1) is 4.34 Å². The molecule has 0 aliphatic carbocycles. The number of nitrogens with zero attached hydrogens (tertiary/aromatic N) is 2. The van der Waals surface area contributed by atoms with Gasteiger partial charge in [0.1, 0.15) is 0 Å². The van der Waals surface area contributed by atoms with E-state index in [1.54, 1.807) is 10.7 Å². The monoisotopic (exact) mass is 268 g/mol. The van der Waals surface area contributed by atoms with Crippen LogP contribution >= 0.6 is 22.9 Å². The zero-order chi connectivity index (χ0) is 12.0. The van der Waals surface area contributed by atoms with Gasteiger partial charge in [-0.15, -0.1) is 11.3 Å². The molecule has 4 nitrogen and oxygen atoms in total. The lowest BCUT2D eigenvalue weighted by molar-refractivity contribution is 0.0690. The number of carboxylic acid groups (broad SMARTS) is 1. The van der Waals surface area contributed by atoms with Crippen molar-refractivity contribution in [3.63, 3.8) is 0 Å². The van der Waals surface area contributed by atoms with E-state index in [-0.39, 0.29) is 5.69 Å². The molecule has 0 radical (unpaired) electrons. The number of carbonyl (C=O) groups is 1. The second-order valence-electron chi connectivity index (χ2n) is 3.91. The number of carboxylic acids is 1. The summed E-state index contributed by atoms with van der Waals surface area (Å²) in [6, 6.07) is 3.64. The van der Waals surface area contributed by atoms with E-state index in [0.717, 1.165) is 35.5 Å². The summed E-state index contributed by atoms with van der Waals surface area (Å²) in [5, 5.41) is 13.3. The molecule has 1 aliphatic heterocycles. The molecule has 88 valence electrons. The van der Waals surface area contributed by atoms with E-state index < -0.39 is 5.97 Å². The molecule has 0 unspecified atom stereocenters. The molecule has 0 atom stereocenters. The summed E-state index contributed by atoms with van der Waals surface area (Å²) in [5.41, 5.74) is 1.89. The molecule has 0 saturated heterocycles. The minimum Gasteiger partial charge on any atom is -0.476 e. The van der Waals surface area contributed by atoms with Crippen molar-refractivity contribution in [2.45, 2.75) is 19.4 Å². The summed E-state index contributed by atoms with van der Waals surface area (Å²) >= 11 is 7.30. The maximum absolute atomic E-state index is 11.2. The third-order valence-corrected chi connectivity index (χ3v) is 4.11. The van der Waals surface area contributed by atoms with E-state index in [4.69, 9.17) is 11.6 Å². The largest absolute Gasteiger partial charge is 0.476 e. The Balaban J connectivity index is 2.23. The zero-order valence-electron chi connectivity index (χ0n) is 8.81. The molecule has 0 aromatic carbocycles. The van der Waals surface area contributed by atoms with Gasteiger partial charge in [-0.05, 0) is 25.0 Å². The standard InChI is InChI=1S/C11H9ClN2O2S/c12-8-4-3-7(17-8)9-6-2-1-5-14(6)13-10(9)11(15)16/h3-4H,1-2,5H2,(H,15,16). The highest BCUT2D eigenvalue weighted by atomic mass is 35.5. The number of fused-ring (bicyclic) bond motifs is 1. The average Bonchev–Trinajstić information content (AvgIpc) is 2.90. The predicted molar refractivity (Wildman–Crippen MR) is 65.8 cm³/mol. The number of aromatic nitrogens is 2. The molecule has 3 rings (SSSR count). The van der Waals surface area contributed by atoms with Crippen LogP contribution in [0.3, 0.4) is 0 Å². The maximum atomic E-state index is 11.2.